The van der Waals surface area contributed by atoms with Gasteiger partial charge in [-0.25, -0.2) is 0 Å². The number of halogens is 2. The zero-order chi connectivity index (χ0) is 14.6. The summed E-state index contributed by atoms with van der Waals surface area (Å²) in [5, 5.41) is 13.5. The number of hydrogen-bond donors (Lipinski definition) is 1. The minimum Gasteiger partial charge on any atom is -0.351 e. The third-order valence-electron chi connectivity index (χ3n) is 2.42. The van der Waals surface area contributed by atoms with Crippen LogP contribution in [-0.2, 0) is 0 Å². The van der Waals surface area contributed by atoms with Crippen molar-refractivity contribution in [3.8, 4) is 0 Å². The highest BCUT2D eigenvalue weighted by Crippen LogP contribution is 2.33. The van der Waals surface area contributed by atoms with Crippen LogP contribution in [0.5, 0.6) is 0 Å². The first-order valence-electron chi connectivity index (χ1n) is 5.31. The van der Waals surface area contributed by atoms with Gasteiger partial charge in [-0.1, -0.05) is 30.1 Å². The molecule has 1 N–H and O–H groups in total. The molecule has 8 heteroatoms. The lowest BCUT2D eigenvalue weighted by Gasteiger charge is -2.10. The average Bonchev–Trinajstić information content (AvgIpc) is 2.37. The predicted molar refractivity (Wildman–Crippen MR) is 78.4 cm³/mol. The van der Waals surface area contributed by atoms with Crippen molar-refractivity contribution in [3.05, 3.63) is 37.9 Å². The number of carbonyl (C=O) groups excluding carboxylic acids is 1. The normalized spacial score (nSPS) is 12.0. The van der Waals surface area contributed by atoms with Crippen molar-refractivity contribution in [3.63, 3.8) is 0 Å². The molecule has 1 unspecified atom stereocenters. The molecule has 0 saturated heterocycles. The first kappa shape index (κ1) is 16.1. The van der Waals surface area contributed by atoms with Crippen LogP contribution in [0.1, 0.15) is 17.3 Å². The molecule has 0 heterocycles. The van der Waals surface area contributed by atoms with Crippen LogP contribution in [0.2, 0.25) is 10.0 Å². The fourth-order valence-electron chi connectivity index (χ4n) is 1.26. The van der Waals surface area contributed by atoms with Crippen LogP contribution in [0.3, 0.4) is 0 Å². The number of nitro groups is 1. The summed E-state index contributed by atoms with van der Waals surface area (Å²) in [6.45, 7) is 2.43. The fraction of sp³-hybridized carbons (Fsp3) is 0.364. The molecule has 1 atom stereocenters. The second-order valence-electron chi connectivity index (χ2n) is 3.80. The van der Waals surface area contributed by atoms with Crippen molar-refractivity contribution in [2.45, 2.75) is 12.2 Å². The highest BCUT2D eigenvalue weighted by Gasteiger charge is 2.20. The Morgan fingerprint density at radius 2 is 2.16 bits per heavy atom. The summed E-state index contributed by atoms with van der Waals surface area (Å²) in [6, 6.07) is 2.43. The first-order chi connectivity index (χ1) is 8.86. The van der Waals surface area contributed by atoms with Crippen molar-refractivity contribution in [1.82, 2.24) is 5.32 Å². The lowest BCUT2D eigenvalue weighted by molar-refractivity contribution is -0.384. The number of nitrogens with one attached hydrogen (secondary N) is 1. The van der Waals surface area contributed by atoms with E-state index in [0.29, 0.717) is 6.54 Å². The maximum absolute atomic E-state index is 11.9. The van der Waals surface area contributed by atoms with Gasteiger partial charge in [0.25, 0.3) is 11.6 Å². The van der Waals surface area contributed by atoms with Gasteiger partial charge in [0.1, 0.15) is 5.02 Å². The summed E-state index contributed by atoms with van der Waals surface area (Å²) in [4.78, 5) is 22.0. The Morgan fingerprint density at radius 3 is 2.68 bits per heavy atom. The average molecular weight is 323 g/mol. The second-order valence-corrected chi connectivity index (χ2v) is 5.87. The number of nitro benzene ring substituents is 1. The summed E-state index contributed by atoms with van der Waals surface area (Å²) in [5.41, 5.74) is -0.258. The topological polar surface area (TPSA) is 72.2 Å². The minimum atomic E-state index is -0.671. The fourth-order valence-corrected chi connectivity index (χ4v) is 1.90. The van der Waals surface area contributed by atoms with Crippen LogP contribution >= 0.6 is 35.0 Å². The highest BCUT2D eigenvalue weighted by atomic mass is 35.5. The van der Waals surface area contributed by atoms with E-state index in [1.165, 1.54) is 6.07 Å². The summed E-state index contributed by atoms with van der Waals surface area (Å²) in [7, 11) is 0. The molecule has 0 aromatic heterocycles. The molecular weight excluding hydrogens is 311 g/mol. The van der Waals surface area contributed by atoms with E-state index in [1.807, 2.05) is 13.2 Å². The number of benzene rings is 1. The van der Waals surface area contributed by atoms with Gasteiger partial charge in [-0.2, -0.15) is 11.8 Å². The molecule has 0 radical (unpaired) electrons. The number of rotatable bonds is 5. The Hall–Kier alpha value is -0.980. The number of thioether (sulfide) groups is 1. The van der Waals surface area contributed by atoms with Crippen LogP contribution in [0.15, 0.2) is 12.1 Å². The SMILES string of the molecule is CSC(C)CNC(=O)c1cc(Cl)c(Cl)c([N+](=O)[O-])c1. The van der Waals surface area contributed by atoms with Crippen molar-refractivity contribution >= 4 is 46.6 Å². The van der Waals surface area contributed by atoms with Gasteiger partial charge < -0.3 is 5.32 Å². The summed E-state index contributed by atoms with van der Waals surface area (Å²) in [6.07, 6.45) is 1.93. The Kier molecular flexibility index (Phi) is 5.90. The van der Waals surface area contributed by atoms with Gasteiger partial charge in [0.2, 0.25) is 0 Å². The Morgan fingerprint density at radius 1 is 1.53 bits per heavy atom. The lowest BCUT2D eigenvalue weighted by Crippen LogP contribution is -2.29. The van der Waals surface area contributed by atoms with Gasteiger partial charge in [0, 0.05) is 23.4 Å². The zero-order valence-corrected chi connectivity index (χ0v) is 12.6. The van der Waals surface area contributed by atoms with Crippen molar-refractivity contribution < 1.29 is 9.72 Å². The molecule has 19 heavy (non-hydrogen) atoms. The standard InChI is InChI=1S/C11H12Cl2N2O3S/c1-6(19-2)5-14-11(16)7-3-8(12)10(13)9(4-7)15(17)18/h3-4,6H,5H2,1-2H3,(H,14,16). The second kappa shape index (κ2) is 6.98. The molecule has 0 aliphatic rings. The monoisotopic (exact) mass is 322 g/mol. The van der Waals surface area contributed by atoms with E-state index in [0.717, 1.165) is 6.07 Å². The van der Waals surface area contributed by atoms with Gasteiger partial charge in [-0.3, -0.25) is 14.9 Å². The molecule has 0 aliphatic heterocycles. The van der Waals surface area contributed by atoms with E-state index in [2.05, 4.69) is 5.32 Å². The van der Waals surface area contributed by atoms with Crippen molar-refractivity contribution in [2.75, 3.05) is 12.8 Å². The first-order valence-corrected chi connectivity index (χ1v) is 7.35. The van der Waals surface area contributed by atoms with Gasteiger partial charge in [0.05, 0.1) is 9.95 Å². The van der Waals surface area contributed by atoms with E-state index in [4.69, 9.17) is 23.2 Å². The Balaban J connectivity index is 2.95. The quantitative estimate of drug-likeness (QED) is 0.666. The number of carbonyl (C=O) groups is 1. The number of nitrogens with zero attached hydrogens (tertiary/aromatic N) is 1. The molecule has 0 saturated carbocycles. The molecule has 1 amide bonds. The third kappa shape index (κ3) is 4.26. The molecule has 0 spiro atoms. The van der Waals surface area contributed by atoms with Crippen LogP contribution in [0.4, 0.5) is 5.69 Å². The summed E-state index contributed by atoms with van der Waals surface area (Å²) < 4.78 is 0. The molecule has 0 bridgehead atoms. The number of hydrogen-bond acceptors (Lipinski definition) is 4. The van der Waals surface area contributed by atoms with Gasteiger partial charge >= 0.3 is 0 Å². The van der Waals surface area contributed by atoms with E-state index in [9.17, 15) is 14.9 Å². The van der Waals surface area contributed by atoms with Crippen LogP contribution in [0.25, 0.3) is 0 Å². The minimum absolute atomic E-state index is 0.0149. The predicted octanol–water partition coefficient (Wildman–Crippen LogP) is 3.38. The van der Waals surface area contributed by atoms with E-state index in [-0.39, 0.29) is 26.5 Å². The summed E-state index contributed by atoms with van der Waals surface area (Å²) in [5.74, 6) is -0.414. The third-order valence-corrected chi connectivity index (χ3v) is 4.18. The Labute approximate surface area is 124 Å². The van der Waals surface area contributed by atoms with Gasteiger partial charge in [0.15, 0.2) is 0 Å². The molecule has 1 aromatic carbocycles. The number of amides is 1. The van der Waals surface area contributed by atoms with Gasteiger partial charge in [-0.15, -0.1) is 0 Å². The van der Waals surface area contributed by atoms with E-state index >= 15 is 0 Å². The zero-order valence-electron chi connectivity index (χ0n) is 10.3. The van der Waals surface area contributed by atoms with Crippen LogP contribution in [-0.4, -0.2) is 28.9 Å². The van der Waals surface area contributed by atoms with E-state index in [1.54, 1.807) is 11.8 Å². The maximum atomic E-state index is 11.9. The Bertz CT molecular complexity index is 511. The lowest BCUT2D eigenvalue weighted by atomic mass is 10.2. The molecule has 1 rings (SSSR count). The van der Waals surface area contributed by atoms with Crippen molar-refractivity contribution in [1.29, 1.82) is 0 Å². The summed E-state index contributed by atoms with van der Waals surface area (Å²) >= 11 is 13.1. The van der Waals surface area contributed by atoms with Crippen LogP contribution < -0.4 is 5.32 Å². The van der Waals surface area contributed by atoms with Gasteiger partial charge in [-0.05, 0) is 12.3 Å². The largest absolute Gasteiger partial charge is 0.351 e. The smallest absolute Gasteiger partial charge is 0.290 e. The highest BCUT2D eigenvalue weighted by molar-refractivity contribution is 7.99. The van der Waals surface area contributed by atoms with Crippen LogP contribution in [0, 0.1) is 10.1 Å². The molecular formula is C11H12Cl2N2O3S. The van der Waals surface area contributed by atoms with E-state index < -0.39 is 10.8 Å². The molecule has 5 nitrogen and oxygen atoms in total. The van der Waals surface area contributed by atoms with Crippen molar-refractivity contribution in [2.24, 2.45) is 0 Å². The molecule has 0 fully saturated rings. The maximum Gasteiger partial charge on any atom is 0.290 e. The molecule has 104 valence electrons. The molecule has 0 aliphatic carbocycles. The molecule has 1 aromatic rings.